The SMILES string of the molecule is Cc1ccncc1Nc1cc(OC2CCN(C(=O)OC(C)(C)C)CC2)ncn1. The van der Waals surface area contributed by atoms with Crippen LogP contribution in [0.5, 0.6) is 5.88 Å². The first-order valence-electron chi connectivity index (χ1n) is 9.44. The van der Waals surface area contributed by atoms with E-state index < -0.39 is 5.60 Å². The third-order valence-electron chi connectivity index (χ3n) is 4.32. The van der Waals surface area contributed by atoms with Crippen molar-refractivity contribution in [2.75, 3.05) is 18.4 Å². The summed E-state index contributed by atoms with van der Waals surface area (Å²) in [4.78, 5) is 26.4. The molecule has 28 heavy (non-hydrogen) atoms. The smallest absolute Gasteiger partial charge is 0.410 e. The molecular weight excluding hydrogens is 358 g/mol. The van der Waals surface area contributed by atoms with E-state index in [9.17, 15) is 4.79 Å². The Hall–Kier alpha value is -2.90. The first kappa shape index (κ1) is 19.9. The topological polar surface area (TPSA) is 89.5 Å². The van der Waals surface area contributed by atoms with E-state index >= 15 is 0 Å². The molecule has 1 N–H and O–H groups in total. The van der Waals surface area contributed by atoms with Crippen molar-refractivity contribution in [1.29, 1.82) is 0 Å². The molecule has 1 amide bonds. The quantitative estimate of drug-likeness (QED) is 0.858. The number of amides is 1. The van der Waals surface area contributed by atoms with Gasteiger partial charge in [0.2, 0.25) is 5.88 Å². The Morgan fingerprint density at radius 2 is 2.00 bits per heavy atom. The number of pyridine rings is 1. The summed E-state index contributed by atoms with van der Waals surface area (Å²) in [5.74, 6) is 1.15. The Bertz CT molecular complexity index is 813. The average Bonchev–Trinajstić information content (AvgIpc) is 2.63. The summed E-state index contributed by atoms with van der Waals surface area (Å²) in [5, 5.41) is 3.23. The standard InChI is InChI=1S/C20H27N5O3/c1-14-5-8-21-12-16(14)24-17-11-18(23-13-22-17)27-15-6-9-25(10-7-15)19(26)28-20(2,3)4/h5,8,11-13,15H,6-7,9-10H2,1-4H3,(H,22,23,24). The number of rotatable bonds is 4. The third kappa shape index (κ3) is 5.55. The lowest BCUT2D eigenvalue weighted by Crippen LogP contribution is -2.44. The second-order valence-corrected chi connectivity index (χ2v) is 7.84. The predicted molar refractivity (Wildman–Crippen MR) is 106 cm³/mol. The number of nitrogens with one attached hydrogen (secondary N) is 1. The second kappa shape index (κ2) is 8.41. The molecule has 0 spiro atoms. The van der Waals surface area contributed by atoms with Gasteiger partial charge in [0.1, 0.15) is 23.9 Å². The number of likely N-dealkylation sites (tertiary alicyclic amines) is 1. The highest BCUT2D eigenvalue weighted by Crippen LogP contribution is 2.22. The van der Waals surface area contributed by atoms with Crippen LogP contribution in [0.15, 0.2) is 30.9 Å². The van der Waals surface area contributed by atoms with Crippen LogP contribution in [0.1, 0.15) is 39.2 Å². The minimum Gasteiger partial charge on any atom is -0.474 e. The summed E-state index contributed by atoms with van der Waals surface area (Å²) in [7, 11) is 0. The number of carbonyl (C=O) groups excluding carboxylic acids is 1. The molecule has 2 aromatic rings. The van der Waals surface area contributed by atoms with Crippen molar-refractivity contribution in [3.05, 3.63) is 36.4 Å². The molecule has 0 bridgehead atoms. The van der Waals surface area contributed by atoms with E-state index in [1.54, 1.807) is 23.4 Å². The molecule has 3 heterocycles. The van der Waals surface area contributed by atoms with E-state index in [4.69, 9.17) is 9.47 Å². The van der Waals surface area contributed by atoms with Gasteiger partial charge in [-0.25, -0.2) is 14.8 Å². The van der Waals surface area contributed by atoms with Crippen LogP contribution < -0.4 is 10.1 Å². The summed E-state index contributed by atoms with van der Waals surface area (Å²) in [6.07, 6.45) is 6.16. The van der Waals surface area contributed by atoms with E-state index in [2.05, 4.69) is 20.3 Å². The highest BCUT2D eigenvalue weighted by Gasteiger charge is 2.27. The first-order valence-corrected chi connectivity index (χ1v) is 9.44. The van der Waals surface area contributed by atoms with Gasteiger partial charge in [0.25, 0.3) is 0 Å². The summed E-state index contributed by atoms with van der Waals surface area (Å²) >= 11 is 0. The summed E-state index contributed by atoms with van der Waals surface area (Å²) in [6, 6.07) is 3.70. The van der Waals surface area contributed by atoms with Gasteiger partial charge in [0.15, 0.2) is 0 Å². The van der Waals surface area contributed by atoms with E-state index in [0.717, 1.165) is 24.1 Å². The molecule has 2 aromatic heterocycles. The molecule has 1 aliphatic rings. The van der Waals surface area contributed by atoms with Crippen LogP contribution in [0.4, 0.5) is 16.3 Å². The molecule has 0 aliphatic carbocycles. The molecule has 0 unspecified atom stereocenters. The van der Waals surface area contributed by atoms with E-state index in [0.29, 0.717) is 24.8 Å². The average molecular weight is 385 g/mol. The third-order valence-corrected chi connectivity index (χ3v) is 4.32. The molecule has 1 saturated heterocycles. The Balaban J connectivity index is 1.54. The van der Waals surface area contributed by atoms with Crippen LogP contribution in [-0.4, -0.2) is 50.7 Å². The molecule has 0 saturated carbocycles. The van der Waals surface area contributed by atoms with Gasteiger partial charge >= 0.3 is 6.09 Å². The van der Waals surface area contributed by atoms with Crippen LogP contribution in [0.3, 0.4) is 0 Å². The van der Waals surface area contributed by atoms with Crippen LogP contribution in [0, 0.1) is 6.92 Å². The van der Waals surface area contributed by atoms with Crippen LogP contribution in [-0.2, 0) is 4.74 Å². The number of carbonyl (C=O) groups is 1. The zero-order valence-corrected chi connectivity index (χ0v) is 16.8. The molecule has 8 nitrogen and oxygen atoms in total. The maximum absolute atomic E-state index is 12.2. The van der Waals surface area contributed by atoms with Gasteiger partial charge in [-0.1, -0.05) is 0 Å². The minimum atomic E-state index is -0.485. The van der Waals surface area contributed by atoms with Crippen molar-refractivity contribution in [1.82, 2.24) is 19.9 Å². The number of hydrogen-bond acceptors (Lipinski definition) is 7. The van der Waals surface area contributed by atoms with Gasteiger partial charge in [0.05, 0.1) is 11.9 Å². The predicted octanol–water partition coefficient (Wildman–Crippen LogP) is 3.70. The highest BCUT2D eigenvalue weighted by molar-refractivity contribution is 5.68. The van der Waals surface area contributed by atoms with Crippen LogP contribution in [0.25, 0.3) is 0 Å². The number of aromatic nitrogens is 3. The molecule has 0 atom stereocenters. The molecule has 1 fully saturated rings. The molecule has 0 radical (unpaired) electrons. The zero-order chi connectivity index (χ0) is 20.1. The number of aryl methyl sites for hydroxylation is 1. The highest BCUT2D eigenvalue weighted by atomic mass is 16.6. The van der Waals surface area contributed by atoms with Gasteiger partial charge < -0.3 is 19.7 Å². The number of hydrogen-bond donors (Lipinski definition) is 1. The lowest BCUT2D eigenvalue weighted by atomic mass is 10.1. The van der Waals surface area contributed by atoms with Crippen molar-refractivity contribution in [3.63, 3.8) is 0 Å². The molecule has 150 valence electrons. The van der Waals surface area contributed by atoms with Crippen LogP contribution in [0.2, 0.25) is 0 Å². The van der Waals surface area contributed by atoms with Crippen molar-refractivity contribution < 1.29 is 14.3 Å². The summed E-state index contributed by atoms with van der Waals surface area (Å²) in [6.45, 7) is 8.81. The summed E-state index contributed by atoms with van der Waals surface area (Å²) < 4.78 is 11.4. The van der Waals surface area contributed by atoms with Crippen molar-refractivity contribution in [3.8, 4) is 5.88 Å². The molecule has 3 rings (SSSR count). The van der Waals surface area contributed by atoms with Crippen molar-refractivity contribution in [2.24, 2.45) is 0 Å². The van der Waals surface area contributed by atoms with E-state index in [-0.39, 0.29) is 12.2 Å². The Morgan fingerprint density at radius 1 is 1.25 bits per heavy atom. The van der Waals surface area contributed by atoms with Crippen molar-refractivity contribution >= 4 is 17.6 Å². The molecular formula is C20H27N5O3. The van der Waals surface area contributed by atoms with Crippen LogP contribution >= 0.6 is 0 Å². The normalized spacial score (nSPS) is 15.2. The van der Waals surface area contributed by atoms with Gasteiger partial charge in [-0.2, -0.15) is 0 Å². The Labute approximate surface area is 165 Å². The van der Waals surface area contributed by atoms with E-state index in [1.807, 2.05) is 33.8 Å². The maximum atomic E-state index is 12.2. The van der Waals surface area contributed by atoms with Gasteiger partial charge in [0, 0.05) is 38.2 Å². The van der Waals surface area contributed by atoms with Gasteiger partial charge in [-0.3, -0.25) is 4.98 Å². The van der Waals surface area contributed by atoms with Crippen molar-refractivity contribution in [2.45, 2.75) is 52.2 Å². The fourth-order valence-corrected chi connectivity index (χ4v) is 2.86. The van der Waals surface area contributed by atoms with Gasteiger partial charge in [-0.05, 0) is 39.3 Å². The maximum Gasteiger partial charge on any atom is 0.410 e. The Morgan fingerprint density at radius 3 is 2.68 bits per heavy atom. The minimum absolute atomic E-state index is 0.00145. The summed E-state index contributed by atoms with van der Waals surface area (Å²) in [5.41, 5.74) is 1.48. The largest absolute Gasteiger partial charge is 0.474 e. The number of ether oxygens (including phenoxy) is 2. The Kier molecular flexibility index (Phi) is 5.96. The molecule has 8 heteroatoms. The monoisotopic (exact) mass is 385 g/mol. The lowest BCUT2D eigenvalue weighted by Gasteiger charge is -2.33. The fourth-order valence-electron chi connectivity index (χ4n) is 2.86. The van der Waals surface area contributed by atoms with E-state index in [1.165, 1.54) is 6.33 Å². The first-order chi connectivity index (χ1) is 13.3. The van der Waals surface area contributed by atoms with Gasteiger partial charge in [-0.15, -0.1) is 0 Å². The number of piperidine rings is 1. The molecule has 0 aromatic carbocycles. The number of nitrogens with zero attached hydrogens (tertiary/aromatic N) is 4. The zero-order valence-electron chi connectivity index (χ0n) is 16.8. The fraction of sp³-hybridized carbons (Fsp3) is 0.500. The second-order valence-electron chi connectivity index (χ2n) is 7.84. The lowest BCUT2D eigenvalue weighted by molar-refractivity contribution is 0.0123. The molecule has 1 aliphatic heterocycles. The number of anilines is 2.